The fourth-order valence-corrected chi connectivity index (χ4v) is 2.69. The van der Waals surface area contributed by atoms with E-state index in [9.17, 15) is 4.79 Å². The topological polar surface area (TPSA) is 63.9 Å². The average Bonchev–Trinajstić information content (AvgIpc) is 3.03. The number of benzene rings is 2. The Morgan fingerprint density at radius 2 is 2.00 bits per heavy atom. The lowest BCUT2D eigenvalue weighted by Gasteiger charge is -2.16. The van der Waals surface area contributed by atoms with Crippen molar-refractivity contribution in [3.63, 3.8) is 0 Å². The van der Waals surface area contributed by atoms with Gasteiger partial charge in [0.25, 0.3) is 0 Å². The normalized spacial score (nSPS) is 10.7. The molecule has 0 saturated carbocycles. The summed E-state index contributed by atoms with van der Waals surface area (Å²) in [6.07, 6.45) is 0. The minimum atomic E-state index is -0.103. The molecule has 3 aromatic rings. The molecule has 0 aliphatic carbocycles. The highest BCUT2D eigenvalue weighted by Crippen LogP contribution is 2.18. The monoisotopic (exact) mass is 355 g/mol. The van der Waals surface area contributed by atoms with Crippen LogP contribution in [0.1, 0.15) is 11.1 Å². The molecule has 0 aliphatic heterocycles. The Balaban J connectivity index is 1.66. The van der Waals surface area contributed by atoms with Crippen molar-refractivity contribution in [1.82, 2.24) is 25.1 Å². The van der Waals surface area contributed by atoms with Crippen LogP contribution in [0.3, 0.4) is 0 Å². The van der Waals surface area contributed by atoms with Crippen LogP contribution < -0.4 is 0 Å². The van der Waals surface area contributed by atoms with Crippen molar-refractivity contribution >= 4 is 17.5 Å². The lowest BCUT2D eigenvalue weighted by atomic mass is 10.1. The molecule has 0 aliphatic rings. The smallest absolute Gasteiger partial charge is 0.246 e. The zero-order valence-electron chi connectivity index (χ0n) is 14.1. The Labute approximate surface area is 151 Å². The van der Waals surface area contributed by atoms with E-state index >= 15 is 0 Å². The maximum absolute atomic E-state index is 12.4. The average molecular weight is 356 g/mol. The van der Waals surface area contributed by atoms with Crippen molar-refractivity contribution in [2.45, 2.75) is 20.0 Å². The third-order valence-electron chi connectivity index (χ3n) is 3.85. The first-order valence-electron chi connectivity index (χ1n) is 7.85. The molecule has 0 fully saturated rings. The van der Waals surface area contributed by atoms with Gasteiger partial charge in [-0.1, -0.05) is 48.0 Å². The van der Waals surface area contributed by atoms with E-state index in [-0.39, 0.29) is 12.5 Å². The second-order valence-electron chi connectivity index (χ2n) is 5.84. The number of hydrogen-bond acceptors (Lipinski definition) is 4. The molecule has 3 rings (SSSR count). The number of halogens is 1. The Morgan fingerprint density at radius 1 is 1.20 bits per heavy atom. The number of rotatable bonds is 5. The van der Waals surface area contributed by atoms with Crippen molar-refractivity contribution in [3.05, 3.63) is 64.7 Å². The molecule has 2 aromatic carbocycles. The Kier molecular flexibility index (Phi) is 5.09. The zero-order valence-corrected chi connectivity index (χ0v) is 14.8. The Bertz CT molecular complexity index is 892. The molecule has 0 N–H and O–H groups in total. The minimum Gasteiger partial charge on any atom is -0.340 e. The van der Waals surface area contributed by atoms with E-state index in [0.29, 0.717) is 17.4 Å². The predicted octanol–water partition coefficient (Wildman–Crippen LogP) is 2.96. The fraction of sp³-hybridized carbons (Fsp3) is 0.222. The fourth-order valence-electron chi connectivity index (χ4n) is 2.48. The molecule has 0 unspecified atom stereocenters. The van der Waals surface area contributed by atoms with Crippen LogP contribution in [0.25, 0.3) is 11.4 Å². The summed E-state index contributed by atoms with van der Waals surface area (Å²) in [5.74, 6) is 0.414. The number of carbonyl (C=O) groups is 1. The highest BCUT2D eigenvalue weighted by atomic mass is 35.5. The van der Waals surface area contributed by atoms with Crippen LogP contribution >= 0.6 is 11.6 Å². The van der Waals surface area contributed by atoms with E-state index in [1.807, 2.05) is 49.4 Å². The van der Waals surface area contributed by atoms with Gasteiger partial charge in [0.2, 0.25) is 11.7 Å². The van der Waals surface area contributed by atoms with Crippen LogP contribution in [-0.2, 0) is 17.9 Å². The van der Waals surface area contributed by atoms with Gasteiger partial charge in [0, 0.05) is 24.2 Å². The van der Waals surface area contributed by atoms with E-state index in [0.717, 1.165) is 16.7 Å². The predicted molar refractivity (Wildman–Crippen MR) is 95.9 cm³/mol. The van der Waals surface area contributed by atoms with Crippen molar-refractivity contribution in [2.75, 3.05) is 7.05 Å². The second-order valence-corrected chi connectivity index (χ2v) is 6.27. The maximum Gasteiger partial charge on any atom is 0.246 e. The van der Waals surface area contributed by atoms with E-state index in [2.05, 4.69) is 15.4 Å². The molecule has 0 radical (unpaired) electrons. The first kappa shape index (κ1) is 17.1. The number of aromatic nitrogens is 4. The molecule has 1 heterocycles. The summed E-state index contributed by atoms with van der Waals surface area (Å²) in [7, 11) is 1.74. The first-order chi connectivity index (χ1) is 12.0. The summed E-state index contributed by atoms with van der Waals surface area (Å²) in [4.78, 5) is 15.3. The van der Waals surface area contributed by atoms with Gasteiger partial charge in [-0.05, 0) is 35.4 Å². The summed E-state index contributed by atoms with van der Waals surface area (Å²) in [5.41, 5.74) is 2.94. The van der Waals surface area contributed by atoms with Crippen LogP contribution in [0.4, 0.5) is 0 Å². The number of aryl methyl sites for hydroxylation is 1. The van der Waals surface area contributed by atoms with Gasteiger partial charge >= 0.3 is 0 Å². The van der Waals surface area contributed by atoms with Gasteiger partial charge in [0.15, 0.2) is 0 Å². The zero-order chi connectivity index (χ0) is 17.8. The summed E-state index contributed by atoms with van der Waals surface area (Å²) in [5, 5.41) is 13.0. The molecule has 25 heavy (non-hydrogen) atoms. The molecule has 7 heteroatoms. The number of tetrazole rings is 1. The number of hydrogen-bond donors (Lipinski definition) is 0. The van der Waals surface area contributed by atoms with Gasteiger partial charge in [0.1, 0.15) is 6.54 Å². The van der Waals surface area contributed by atoms with Gasteiger partial charge < -0.3 is 4.90 Å². The molecule has 0 saturated heterocycles. The highest BCUT2D eigenvalue weighted by Gasteiger charge is 2.14. The van der Waals surface area contributed by atoms with Crippen LogP contribution in [0.5, 0.6) is 0 Å². The van der Waals surface area contributed by atoms with E-state index in [1.54, 1.807) is 18.0 Å². The number of amides is 1. The largest absolute Gasteiger partial charge is 0.340 e. The van der Waals surface area contributed by atoms with Crippen molar-refractivity contribution in [1.29, 1.82) is 0 Å². The van der Waals surface area contributed by atoms with Crippen molar-refractivity contribution in [3.8, 4) is 11.4 Å². The third-order valence-corrected chi connectivity index (χ3v) is 4.09. The first-order valence-corrected chi connectivity index (χ1v) is 8.23. The molecule has 1 aromatic heterocycles. The van der Waals surface area contributed by atoms with Gasteiger partial charge in [-0.3, -0.25) is 4.79 Å². The van der Waals surface area contributed by atoms with Crippen LogP contribution in [-0.4, -0.2) is 38.1 Å². The summed E-state index contributed by atoms with van der Waals surface area (Å²) in [6, 6.07) is 15.2. The number of likely N-dealkylation sites (N-methyl/N-ethyl adjacent to an activating group) is 1. The van der Waals surface area contributed by atoms with E-state index < -0.39 is 0 Å². The summed E-state index contributed by atoms with van der Waals surface area (Å²) < 4.78 is 0. The highest BCUT2D eigenvalue weighted by molar-refractivity contribution is 6.30. The Morgan fingerprint density at radius 3 is 2.76 bits per heavy atom. The Hall–Kier alpha value is -2.73. The lowest BCUT2D eigenvalue weighted by molar-refractivity contribution is -0.131. The summed E-state index contributed by atoms with van der Waals surface area (Å²) >= 11 is 5.98. The van der Waals surface area contributed by atoms with Gasteiger partial charge in [0.05, 0.1) is 0 Å². The standard InChI is InChI=1S/C18H18ClN5O/c1-13-6-3-4-9-16(13)18-20-22-24(21-18)12-17(25)23(2)11-14-7-5-8-15(19)10-14/h3-10H,11-12H2,1-2H3. The molecule has 0 bridgehead atoms. The van der Waals surface area contributed by atoms with Gasteiger partial charge in [-0.25, -0.2) is 0 Å². The van der Waals surface area contributed by atoms with Crippen LogP contribution in [0.2, 0.25) is 5.02 Å². The second kappa shape index (κ2) is 7.44. The lowest BCUT2D eigenvalue weighted by Crippen LogP contribution is -2.30. The molecular weight excluding hydrogens is 338 g/mol. The van der Waals surface area contributed by atoms with Crippen molar-refractivity contribution in [2.24, 2.45) is 0 Å². The minimum absolute atomic E-state index is 0.0376. The van der Waals surface area contributed by atoms with Crippen LogP contribution in [0, 0.1) is 6.92 Å². The van der Waals surface area contributed by atoms with E-state index in [4.69, 9.17) is 11.6 Å². The van der Waals surface area contributed by atoms with Crippen molar-refractivity contribution < 1.29 is 4.79 Å². The molecular formula is C18H18ClN5O. The van der Waals surface area contributed by atoms with Crippen LogP contribution in [0.15, 0.2) is 48.5 Å². The molecule has 0 spiro atoms. The maximum atomic E-state index is 12.4. The molecule has 0 atom stereocenters. The quantitative estimate of drug-likeness (QED) is 0.705. The van der Waals surface area contributed by atoms with E-state index in [1.165, 1.54) is 4.80 Å². The number of nitrogens with zero attached hydrogens (tertiary/aromatic N) is 5. The molecule has 128 valence electrons. The SMILES string of the molecule is Cc1ccccc1-c1nnn(CC(=O)N(C)Cc2cccc(Cl)c2)n1. The molecule has 6 nitrogen and oxygen atoms in total. The molecule has 1 amide bonds. The van der Waals surface area contributed by atoms with Gasteiger partial charge in [-0.2, -0.15) is 4.80 Å². The number of carbonyl (C=O) groups excluding carboxylic acids is 1. The third kappa shape index (κ3) is 4.22. The van der Waals surface area contributed by atoms with Gasteiger partial charge in [-0.15, -0.1) is 10.2 Å². The summed E-state index contributed by atoms with van der Waals surface area (Å²) in [6.45, 7) is 2.49.